The standard InChI is InChI=1S/C18H22FN3OS.HI/c1-20-18(21-10-11-24-15-6-4-3-5-7-15)22-13-14-8-9-17(23-2)16(19)12-14;/h3-9,12H,10-11,13H2,1-2H3,(H2,20,21,22);1H. The average Bonchev–Trinajstić information content (AvgIpc) is 2.62. The molecule has 0 radical (unpaired) electrons. The van der Waals surface area contributed by atoms with Crippen LogP contribution in [0.15, 0.2) is 58.4 Å². The molecule has 2 N–H and O–H groups in total. The van der Waals surface area contributed by atoms with Crippen molar-refractivity contribution in [1.82, 2.24) is 10.6 Å². The number of guanidine groups is 1. The zero-order valence-electron chi connectivity index (χ0n) is 14.3. The van der Waals surface area contributed by atoms with Crippen LogP contribution in [0.1, 0.15) is 5.56 Å². The van der Waals surface area contributed by atoms with E-state index >= 15 is 0 Å². The Hall–Kier alpha value is -1.48. The van der Waals surface area contributed by atoms with E-state index in [2.05, 4.69) is 27.8 Å². The van der Waals surface area contributed by atoms with Gasteiger partial charge >= 0.3 is 0 Å². The highest BCUT2D eigenvalue weighted by Crippen LogP contribution is 2.17. The van der Waals surface area contributed by atoms with Crippen LogP contribution in [0.4, 0.5) is 4.39 Å². The van der Waals surface area contributed by atoms with E-state index in [4.69, 9.17) is 4.74 Å². The fourth-order valence-corrected chi connectivity index (χ4v) is 2.87. The van der Waals surface area contributed by atoms with Gasteiger partial charge in [0.1, 0.15) is 0 Å². The molecule has 2 rings (SSSR count). The fourth-order valence-electron chi connectivity index (χ4n) is 2.08. The number of nitrogens with zero attached hydrogens (tertiary/aromatic N) is 1. The molecule has 25 heavy (non-hydrogen) atoms. The molecule has 0 saturated carbocycles. The number of hydrogen-bond acceptors (Lipinski definition) is 3. The molecule has 0 aliphatic carbocycles. The van der Waals surface area contributed by atoms with Crippen molar-refractivity contribution >= 4 is 41.7 Å². The molecule has 0 fully saturated rings. The van der Waals surface area contributed by atoms with Crippen LogP contribution >= 0.6 is 35.7 Å². The van der Waals surface area contributed by atoms with Crippen molar-refractivity contribution in [1.29, 1.82) is 0 Å². The van der Waals surface area contributed by atoms with Crippen molar-refractivity contribution in [2.24, 2.45) is 4.99 Å². The molecule has 4 nitrogen and oxygen atoms in total. The maximum absolute atomic E-state index is 13.7. The first-order valence-electron chi connectivity index (χ1n) is 7.67. The van der Waals surface area contributed by atoms with E-state index < -0.39 is 0 Å². The summed E-state index contributed by atoms with van der Waals surface area (Å²) >= 11 is 1.78. The molecule has 0 heterocycles. The van der Waals surface area contributed by atoms with Crippen LogP contribution in [0.3, 0.4) is 0 Å². The molecular formula is C18H23FIN3OS. The van der Waals surface area contributed by atoms with Crippen molar-refractivity contribution < 1.29 is 9.13 Å². The van der Waals surface area contributed by atoms with Gasteiger partial charge in [-0.25, -0.2) is 4.39 Å². The molecule has 0 aliphatic heterocycles. The summed E-state index contributed by atoms with van der Waals surface area (Å²) in [6.45, 7) is 1.28. The van der Waals surface area contributed by atoms with Gasteiger partial charge in [0.25, 0.3) is 0 Å². The quantitative estimate of drug-likeness (QED) is 0.210. The number of benzene rings is 2. The highest BCUT2D eigenvalue weighted by molar-refractivity contribution is 14.0. The molecule has 7 heteroatoms. The van der Waals surface area contributed by atoms with Gasteiger partial charge < -0.3 is 15.4 Å². The molecule has 0 saturated heterocycles. The number of halogens is 2. The minimum absolute atomic E-state index is 0. The maximum Gasteiger partial charge on any atom is 0.191 e. The van der Waals surface area contributed by atoms with Crippen molar-refractivity contribution in [2.45, 2.75) is 11.4 Å². The largest absolute Gasteiger partial charge is 0.494 e. The van der Waals surface area contributed by atoms with Crippen LogP contribution in [0, 0.1) is 5.82 Å². The minimum atomic E-state index is -0.362. The number of hydrogen-bond donors (Lipinski definition) is 2. The van der Waals surface area contributed by atoms with Crippen LogP contribution in [-0.2, 0) is 6.54 Å². The van der Waals surface area contributed by atoms with E-state index in [-0.39, 0.29) is 35.5 Å². The van der Waals surface area contributed by atoms with E-state index in [9.17, 15) is 4.39 Å². The van der Waals surface area contributed by atoms with E-state index in [1.165, 1.54) is 18.1 Å². The summed E-state index contributed by atoms with van der Waals surface area (Å²) in [5.41, 5.74) is 0.829. The summed E-state index contributed by atoms with van der Waals surface area (Å²) in [5.74, 6) is 1.51. The molecule has 2 aromatic carbocycles. The highest BCUT2D eigenvalue weighted by Gasteiger charge is 2.04. The van der Waals surface area contributed by atoms with Crippen LogP contribution in [0.25, 0.3) is 0 Å². The number of methoxy groups -OCH3 is 1. The first kappa shape index (κ1) is 21.6. The lowest BCUT2D eigenvalue weighted by atomic mass is 10.2. The van der Waals surface area contributed by atoms with E-state index in [1.54, 1.807) is 24.9 Å². The van der Waals surface area contributed by atoms with Gasteiger partial charge in [-0.05, 0) is 29.8 Å². The Morgan fingerprint density at radius 2 is 1.92 bits per heavy atom. The van der Waals surface area contributed by atoms with Gasteiger partial charge in [0.15, 0.2) is 17.5 Å². The molecule has 0 aromatic heterocycles. The Morgan fingerprint density at radius 3 is 2.56 bits per heavy atom. The predicted octanol–water partition coefficient (Wildman–Crippen LogP) is 3.91. The Kier molecular flexibility index (Phi) is 10.3. The van der Waals surface area contributed by atoms with Crippen molar-refractivity contribution in [3.8, 4) is 5.75 Å². The number of nitrogens with one attached hydrogen (secondary N) is 2. The summed E-state index contributed by atoms with van der Waals surface area (Å²) in [6, 6.07) is 15.2. The van der Waals surface area contributed by atoms with Gasteiger partial charge in [-0.1, -0.05) is 24.3 Å². The van der Waals surface area contributed by atoms with Gasteiger partial charge in [-0.2, -0.15) is 0 Å². The highest BCUT2D eigenvalue weighted by atomic mass is 127. The molecular weight excluding hydrogens is 452 g/mol. The first-order chi connectivity index (χ1) is 11.7. The van der Waals surface area contributed by atoms with Crippen LogP contribution in [0.2, 0.25) is 0 Å². The normalized spacial score (nSPS) is 10.8. The van der Waals surface area contributed by atoms with E-state index in [1.807, 2.05) is 24.3 Å². The second-order valence-electron chi connectivity index (χ2n) is 4.98. The van der Waals surface area contributed by atoms with Gasteiger partial charge in [0, 0.05) is 30.8 Å². The topological polar surface area (TPSA) is 45.7 Å². The molecule has 0 bridgehead atoms. The minimum Gasteiger partial charge on any atom is -0.494 e. The summed E-state index contributed by atoms with van der Waals surface area (Å²) in [4.78, 5) is 5.42. The third-order valence-corrected chi connectivity index (χ3v) is 4.32. The summed E-state index contributed by atoms with van der Waals surface area (Å²) in [7, 11) is 3.17. The molecule has 0 amide bonds. The lowest BCUT2D eigenvalue weighted by Gasteiger charge is -2.12. The van der Waals surface area contributed by atoms with Crippen LogP contribution in [0.5, 0.6) is 5.75 Å². The number of aliphatic imine (C=N–C) groups is 1. The molecule has 0 unspecified atom stereocenters. The molecule has 0 spiro atoms. The number of rotatable bonds is 7. The summed E-state index contributed by atoms with van der Waals surface area (Å²) in [6.07, 6.45) is 0. The van der Waals surface area contributed by atoms with Crippen molar-refractivity contribution in [2.75, 3.05) is 26.5 Å². The molecule has 0 atom stereocenters. The predicted molar refractivity (Wildman–Crippen MR) is 114 cm³/mol. The van der Waals surface area contributed by atoms with E-state index in [0.29, 0.717) is 12.5 Å². The van der Waals surface area contributed by atoms with E-state index in [0.717, 1.165) is 17.9 Å². The average molecular weight is 475 g/mol. The zero-order valence-corrected chi connectivity index (χ0v) is 17.4. The summed E-state index contributed by atoms with van der Waals surface area (Å²) < 4.78 is 18.6. The van der Waals surface area contributed by atoms with Gasteiger partial charge in [0.2, 0.25) is 0 Å². The smallest absolute Gasteiger partial charge is 0.191 e. The fraction of sp³-hybridized carbons (Fsp3) is 0.278. The Morgan fingerprint density at radius 1 is 1.16 bits per heavy atom. The summed E-state index contributed by atoms with van der Waals surface area (Å²) in [5, 5.41) is 6.42. The maximum atomic E-state index is 13.7. The van der Waals surface area contributed by atoms with Crippen molar-refractivity contribution in [3.05, 3.63) is 59.9 Å². The monoisotopic (exact) mass is 475 g/mol. The third-order valence-electron chi connectivity index (χ3n) is 3.31. The number of ether oxygens (including phenoxy) is 1. The Labute approximate surface area is 169 Å². The Bertz CT molecular complexity index is 671. The number of thioether (sulfide) groups is 1. The molecule has 2 aromatic rings. The second kappa shape index (κ2) is 12.0. The van der Waals surface area contributed by atoms with Crippen LogP contribution < -0.4 is 15.4 Å². The Balaban J connectivity index is 0.00000312. The van der Waals surface area contributed by atoms with Gasteiger partial charge in [0.05, 0.1) is 7.11 Å². The zero-order chi connectivity index (χ0) is 17.2. The van der Waals surface area contributed by atoms with Gasteiger partial charge in [-0.3, -0.25) is 4.99 Å². The first-order valence-corrected chi connectivity index (χ1v) is 8.66. The third kappa shape index (κ3) is 7.52. The SMILES string of the molecule is CN=C(NCCSc1ccccc1)NCc1ccc(OC)c(F)c1.I. The molecule has 0 aliphatic rings. The second-order valence-corrected chi connectivity index (χ2v) is 6.15. The van der Waals surface area contributed by atoms with Crippen molar-refractivity contribution in [3.63, 3.8) is 0 Å². The lowest BCUT2D eigenvalue weighted by molar-refractivity contribution is 0.386. The lowest BCUT2D eigenvalue weighted by Crippen LogP contribution is -2.37. The van der Waals surface area contributed by atoms with Gasteiger partial charge in [-0.15, -0.1) is 35.7 Å². The molecule has 136 valence electrons. The van der Waals surface area contributed by atoms with Crippen LogP contribution in [-0.4, -0.2) is 32.4 Å².